The minimum atomic E-state index is 0.522. The smallest absolute Gasteiger partial charge is 0.143 e. The molecule has 3 rings (SSSR count). The van der Waals surface area contributed by atoms with E-state index in [4.69, 9.17) is 0 Å². The van der Waals surface area contributed by atoms with E-state index < -0.39 is 0 Å². The lowest BCUT2D eigenvalue weighted by Gasteiger charge is -2.30. The monoisotopic (exact) mass is 258 g/mol. The molecular formula is C13H18N6. The van der Waals surface area contributed by atoms with Crippen molar-refractivity contribution < 1.29 is 0 Å². The van der Waals surface area contributed by atoms with Crippen LogP contribution in [0.2, 0.25) is 0 Å². The third kappa shape index (κ3) is 2.73. The molecular weight excluding hydrogens is 240 g/mol. The molecule has 0 radical (unpaired) electrons. The van der Waals surface area contributed by atoms with Crippen LogP contribution in [0.1, 0.15) is 12.8 Å². The van der Waals surface area contributed by atoms with Gasteiger partial charge in [-0.2, -0.15) is 4.68 Å². The number of hydrogen-bond acceptors (Lipinski definition) is 5. The number of anilines is 1. The standard InChI is InChI=1S/C13H18N6/c1-18-8-6-11(7-9-18)15-12-4-2-3-5-13(12)19-10-14-16-17-19/h2-5,10-11,15H,6-9H2,1H3. The van der Waals surface area contributed by atoms with E-state index >= 15 is 0 Å². The summed E-state index contributed by atoms with van der Waals surface area (Å²) in [4.78, 5) is 2.37. The number of likely N-dealkylation sites (tertiary alicyclic amines) is 1. The van der Waals surface area contributed by atoms with Gasteiger partial charge in [0.15, 0.2) is 0 Å². The number of nitrogens with one attached hydrogen (secondary N) is 1. The highest BCUT2D eigenvalue weighted by Gasteiger charge is 2.17. The summed E-state index contributed by atoms with van der Waals surface area (Å²) in [5, 5.41) is 15.0. The maximum absolute atomic E-state index is 3.96. The zero-order chi connectivity index (χ0) is 13.1. The van der Waals surface area contributed by atoms with E-state index in [1.807, 2.05) is 18.2 Å². The molecule has 1 aromatic heterocycles. The first-order chi connectivity index (χ1) is 9.33. The Morgan fingerprint density at radius 2 is 2.00 bits per heavy atom. The largest absolute Gasteiger partial charge is 0.380 e. The zero-order valence-electron chi connectivity index (χ0n) is 11.0. The molecule has 0 amide bonds. The average Bonchev–Trinajstić information content (AvgIpc) is 2.96. The molecule has 0 aliphatic carbocycles. The Hall–Kier alpha value is -1.95. The summed E-state index contributed by atoms with van der Waals surface area (Å²) in [6.07, 6.45) is 3.95. The first-order valence-corrected chi connectivity index (χ1v) is 6.60. The van der Waals surface area contributed by atoms with Crippen LogP contribution in [-0.2, 0) is 0 Å². The summed E-state index contributed by atoms with van der Waals surface area (Å²) in [5.41, 5.74) is 2.08. The minimum Gasteiger partial charge on any atom is -0.380 e. The van der Waals surface area contributed by atoms with Gasteiger partial charge in [0.05, 0.1) is 11.4 Å². The summed E-state index contributed by atoms with van der Waals surface area (Å²) < 4.78 is 1.69. The Bertz CT molecular complexity index is 516. The van der Waals surface area contributed by atoms with Crippen LogP contribution < -0.4 is 5.32 Å². The van der Waals surface area contributed by atoms with Gasteiger partial charge in [0.1, 0.15) is 6.33 Å². The molecule has 1 saturated heterocycles. The zero-order valence-corrected chi connectivity index (χ0v) is 11.0. The molecule has 0 bridgehead atoms. The Morgan fingerprint density at radius 1 is 1.21 bits per heavy atom. The molecule has 2 aromatic rings. The van der Waals surface area contributed by atoms with Crippen LogP contribution in [0, 0.1) is 0 Å². The average molecular weight is 258 g/mol. The van der Waals surface area contributed by atoms with Gasteiger partial charge in [-0.05, 0) is 55.5 Å². The molecule has 2 heterocycles. The van der Waals surface area contributed by atoms with E-state index in [1.165, 1.54) is 12.8 Å². The Labute approximate surface area is 112 Å². The van der Waals surface area contributed by atoms with Gasteiger partial charge in [0.25, 0.3) is 0 Å². The Balaban J connectivity index is 1.78. The number of nitrogens with zero attached hydrogens (tertiary/aromatic N) is 5. The molecule has 0 spiro atoms. The third-order valence-corrected chi connectivity index (χ3v) is 3.58. The molecule has 1 aliphatic heterocycles. The summed E-state index contributed by atoms with van der Waals surface area (Å²) in [7, 11) is 2.17. The molecule has 6 heteroatoms. The van der Waals surface area contributed by atoms with Crippen LogP contribution in [0.3, 0.4) is 0 Å². The molecule has 100 valence electrons. The van der Waals surface area contributed by atoms with Crippen molar-refractivity contribution in [1.29, 1.82) is 0 Å². The fraction of sp³-hybridized carbons (Fsp3) is 0.462. The van der Waals surface area contributed by atoms with E-state index in [-0.39, 0.29) is 0 Å². The summed E-state index contributed by atoms with van der Waals surface area (Å²) in [6, 6.07) is 8.65. The lowest BCUT2D eigenvalue weighted by Crippen LogP contribution is -2.36. The highest BCUT2D eigenvalue weighted by molar-refractivity contribution is 5.60. The Kier molecular flexibility index (Phi) is 3.41. The third-order valence-electron chi connectivity index (χ3n) is 3.58. The summed E-state index contributed by atoms with van der Waals surface area (Å²) in [5.74, 6) is 0. The van der Waals surface area contributed by atoms with Crippen LogP contribution >= 0.6 is 0 Å². The molecule has 0 atom stereocenters. The van der Waals surface area contributed by atoms with Crippen LogP contribution in [0.4, 0.5) is 5.69 Å². The number of aromatic nitrogens is 4. The van der Waals surface area contributed by atoms with Gasteiger partial charge < -0.3 is 10.2 Å². The number of tetrazole rings is 1. The molecule has 19 heavy (non-hydrogen) atoms. The number of benzene rings is 1. The predicted molar refractivity (Wildman–Crippen MR) is 73.3 cm³/mol. The minimum absolute atomic E-state index is 0.522. The van der Waals surface area contributed by atoms with Gasteiger partial charge in [-0.25, -0.2) is 0 Å². The molecule has 1 N–H and O–H groups in total. The van der Waals surface area contributed by atoms with Crippen LogP contribution in [0.5, 0.6) is 0 Å². The van der Waals surface area contributed by atoms with Crippen molar-refractivity contribution in [1.82, 2.24) is 25.1 Å². The number of rotatable bonds is 3. The highest BCUT2D eigenvalue weighted by Crippen LogP contribution is 2.22. The van der Waals surface area contributed by atoms with Crippen molar-refractivity contribution in [2.45, 2.75) is 18.9 Å². The SMILES string of the molecule is CN1CCC(Nc2ccccc2-n2cnnn2)CC1. The van der Waals surface area contributed by atoms with E-state index in [0.717, 1.165) is 24.5 Å². The first kappa shape index (κ1) is 12.1. The van der Waals surface area contributed by atoms with Crippen molar-refractivity contribution in [2.24, 2.45) is 0 Å². The van der Waals surface area contributed by atoms with Crippen molar-refractivity contribution in [3.8, 4) is 5.69 Å². The maximum atomic E-state index is 3.96. The first-order valence-electron chi connectivity index (χ1n) is 6.60. The van der Waals surface area contributed by atoms with Crippen LogP contribution in [-0.4, -0.2) is 51.3 Å². The van der Waals surface area contributed by atoms with Crippen molar-refractivity contribution in [3.05, 3.63) is 30.6 Å². The fourth-order valence-corrected chi connectivity index (χ4v) is 2.44. The predicted octanol–water partition coefficient (Wildman–Crippen LogP) is 1.17. The van der Waals surface area contributed by atoms with E-state index in [2.05, 4.69) is 38.9 Å². The van der Waals surface area contributed by atoms with Gasteiger partial charge in [0, 0.05) is 6.04 Å². The van der Waals surface area contributed by atoms with Crippen LogP contribution in [0.15, 0.2) is 30.6 Å². The molecule has 6 nitrogen and oxygen atoms in total. The van der Waals surface area contributed by atoms with E-state index in [0.29, 0.717) is 6.04 Å². The number of hydrogen-bond donors (Lipinski definition) is 1. The van der Waals surface area contributed by atoms with Crippen molar-refractivity contribution in [3.63, 3.8) is 0 Å². The second kappa shape index (κ2) is 5.36. The second-order valence-corrected chi connectivity index (χ2v) is 4.99. The van der Waals surface area contributed by atoms with E-state index in [9.17, 15) is 0 Å². The van der Waals surface area contributed by atoms with Crippen molar-refractivity contribution in [2.75, 3.05) is 25.5 Å². The van der Waals surface area contributed by atoms with Gasteiger partial charge in [-0.1, -0.05) is 12.1 Å². The van der Waals surface area contributed by atoms with Crippen LogP contribution in [0.25, 0.3) is 5.69 Å². The van der Waals surface area contributed by atoms with Gasteiger partial charge >= 0.3 is 0 Å². The molecule has 1 aromatic carbocycles. The van der Waals surface area contributed by atoms with Gasteiger partial charge in [-0.15, -0.1) is 5.10 Å². The molecule has 1 fully saturated rings. The van der Waals surface area contributed by atoms with Crippen molar-refractivity contribution >= 4 is 5.69 Å². The van der Waals surface area contributed by atoms with Gasteiger partial charge in [0.2, 0.25) is 0 Å². The molecule has 1 aliphatic rings. The topological polar surface area (TPSA) is 58.9 Å². The number of piperidine rings is 1. The fourth-order valence-electron chi connectivity index (χ4n) is 2.44. The maximum Gasteiger partial charge on any atom is 0.143 e. The summed E-state index contributed by atoms with van der Waals surface area (Å²) in [6.45, 7) is 2.29. The molecule has 0 saturated carbocycles. The molecule has 0 unspecified atom stereocenters. The highest BCUT2D eigenvalue weighted by atomic mass is 15.5. The van der Waals surface area contributed by atoms with Gasteiger partial charge in [-0.3, -0.25) is 0 Å². The normalized spacial score (nSPS) is 17.5. The second-order valence-electron chi connectivity index (χ2n) is 4.99. The lowest BCUT2D eigenvalue weighted by molar-refractivity contribution is 0.264. The van der Waals surface area contributed by atoms with E-state index in [1.54, 1.807) is 11.0 Å². The summed E-state index contributed by atoms with van der Waals surface area (Å²) >= 11 is 0. The lowest BCUT2D eigenvalue weighted by atomic mass is 10.0. The Morgan fingerprint density at radius 3 is 2.74 bits per heavy atom. The quantitative estimate of drug-likeness (QED) is 0.895. The number of para-hydroxylation sites is 2.